The van der Waals surface area contributed by atoms with E-state index in [4.69, 9.17) is 10.5 Å². The molecule has 1 fully saturated rings. The van der Waals surface area contributed by atoms with Crippen LogP contribution in [-0.2, 0) is 9.53 Å². The molecule has 2 unspecified atom stereocenters. The first-order valence-corrected chi connectivity index (χ1v) is 6.21. The molecule has 0 aliphatic carbocycles. The number of hydrogen-bond acceptors (Lipinski definition) is 4. The van der Waals surface area contributed by atoms with E-state index >= 15 is 0 Å². The number of carbonyl (C=O) groups is 1. The Hall–Kier alpha value is -0.910. The first-order valence-electron chi connectivity index (χ1n) is 5.33. The molecule has 2 atom stereocenters. The second-order valence-corrected chi connectivity index (χ2v) is 4.94. The summed E-state index contributed by atoms with van der Waals surface area (Å²) < 4.78 is 5.27. The number of rotatable bonds is 3. The highest BCUT2D eigenvalue weighted by molar-refractivity contribution is 7.10. The molecule has 1 aliphatic heterocycles. The Labute approximate surface area is 99.0 Å². The molecule has 4 nitrogen and oxygen atoms in total. The Balaban J connectivity index is 2.01. The van der Waals surface area contributed by atoms with Gasteiger partial charge in [0.15, 0.2) is 0 Å². The largest absolute Gasteiger partial charge is 0.379 e. The first kappa shape index (κ1) is 11.6. The summed E-state index contributed by atoms with van der Waals surface area (Å²) >= 11 is 1.52. The van der Waals surface area contributed by atoms with Gasteiger partial charge in [-0.15, -0.1) is 11.3 Å². The number of thiophene rings is 1. The van der Waals surface area contributed by atoms with Crippen LogP contribution in [0.5, 0.6) is 0 Å². The highest BCUT2D eigenvalue weighted by Crippen LogP contribution is 2.20. The lowest BCUT2D eigenvalue weighted by Crippen LogP contribution is -2.42. The van der Waals surface area contributed by atoms with Gasteiger partial charge in [-0.3, -0.25) is 4.79 Å². The third-order valence-corrected chi connectivity index (χ3v) is 3.87. The lowest BCUT2D eigenvalue weighted by molar-refractivity contribution is -0.133. The molecule has 2 N–H and O–H groups in total. The second-order valence-electron chi connectivity index (χ2n) is 3.96. The zero-order chi connectivity index (χ0) is 11.5. The van der Waals surface area contributed by atoms with E-state index in [-0.39, 0.29) is 11.9 Å². The second kappa shape index (κ2) is 4.95. The van der Waals surface area contributed by atoms with E-state index in [1.54, 1.807) is 11.9 Å². The third kappa shape index (κ3) is 2.26. The summed E-state index contributed by atoms with van der Waals surface area (Å²) in [5.74, 6) is -0.0297. The van der Waals surface area contributed by atoms with Crippen molar-refractivity contribution in [3.05, 3.63) is 22.4 Å². The lowest BCUT2D eigenvalue weighted by atomic mass is 10.1. The quantitative estimate of drug-likeness (QED) is 0.857. The van der Waals surface area contributed by atoms with Crippen molar-refractivity contribution in [1.82, 2.24) is 4.90 Å². The van der Waals surface area contributed by atoms with Crippen LogP contribution in [0.25, 0.3) is 0 Å². The SMILES string of the molecule is CN(C(=O)C(N)c1cccs1)C1CCOC1. The van der Waals surface area contributed by atoms with Crippen LogP contribution in [0.3, 0.4) is 0 Å². The van der Waals surface area contributed by atoms with Crippen LogP contribution >= 0.6 is 11.3 Å². The van der Waals surface area contributed by atoms with Crippen LogP contribution in [-0.4, -0.2) is 37.1 Å². The molecule has 1 amide bonds. The van der Waals surface area contributed by atoms with E-state index in [9.17, 15) is 4.79 Å². The van der Waals surface area contributed by atoms with E-state index in [1.165, 1.54) is 11.3 Å². The van der Waals surface area contributed by atoms with Crippen LogP contribution in [0.1, 0.15) is 17.3 Å². The van der Waals surface area contributed by atoms with Crippen LogP contribution in [0.4, 0.5) is 0 Å². The van der Waals surface area contributed by atoms with Gasteiger partial charge in [0, 0.05) is 18.5 Å². The van der Waals surface area contributed by atoms with Gasteiger partial charge in [-0.2, -0.15) is 0 Å². The van der Waals surface area contributed by atoms with Gasteiger partial charge in [0.1, 0.15) is 6.04 Å². The molecule has 1 aromatic rings. The fourth-order valence-corrected chi connectivity index (χ4v) is 2.54. The normalized spacial score (nSPS) is 22.0. The lowest BCUT2D eigenvalue weighted by Gasteiger charge is -2.25. The maximum absolute atomic E-state index is 12.1. The van der Waals surface area contributed by atoms with Gasteiger partial charge < -0.3 is 15.4 Å². The fraction of sp³-hybridized carbons (Fsp3) is 0.545. The van der Waals surface area contributed by atoms with Crippen LogP contribution in [0.15, 0.2) is 17.5 Å². The fourth-order valence-electron chi connectivity index (χ4n) is 1.82. The van der Waals surface area contributed by atoms with Gasteiger partial charge in [-0.1, -0.05) is 6.07 Å². The molecule has 0 bridgehead atoms. The molecule has 88 valence electrons. The molecule has 2 rings (SSSR count). The summed E-state index contributed by atoms with van der Waals surface area (Å²) in [6.45, 7) is 1.36. The van der Waals surface area contributed by atoms with Crippen molar-refractivity contribution in [3.63, 3.8) is 0 Å². The molecule has 1 aromatic heterocycles. The number of amides is 1. The summed E-state index contributed by atoms with van der Waals surface area (Å²) in [6, 6.07) is 3.45. The molecule has 1 aliphatic rings. The zero-order valence-electron chi connectivity index (χ0n) is 9.26. The summed E-state index contributed by atoms with van der Waals surface area (Å²) in [5, 5.41) is 1.93. The van der Waals surface area contributed by atoms with E-state index in [0.717, 1.165) is 17.9 Å². The number of hydrogen-bond donors (Lipinski definition) is 1. The summed E-state index contributed by atoms with van der Waals surface area (Å²) in [6.07, 6.45) is 0.902. The van der Waals surface area contributed by atoms with E-state index in [2.05, 4.69) is 0 Å². The molecule has 0 spiro atoms. The zero-order valence-corrected chi connectivity index (χ0v) is 10.1. The van der Waals surface area contributed by atoms with E-state index in [1.807, 2.05) is 17.5 Å². The van der Waals surface area contributed by atoms with Crippen molar-refractivity contribution in [2.45, 2.75) is 18.5 Å². The maximum atomic E-state index is 12.1. The molecular weight excluding hydrogens is 224 g/mol. The maximum Gasteiger partial charge on any atom is 0.244 e. The summed E-state index contributed by atoms with van der Waals surface area (Å²) in [5.41, 5.74) is 5.93. The smallest absolute Gasteiger partial charge is 0.244 e. The summed E-state index contributed by atoms with van der Waals surface area (Å²) in [4.78, 5) is 14.7. The molecular formula is C11H16N2O2S. The Morgan fingerprint density at radius 3 is 3.12 bits per heavy atom. The average molecular weight is 240 g/mol. The minimum Gasteiger partial charge on any atom is -0.379 e. The van der Waals surface area contributed by atoms with Gasteiger partial charge >= 0.3 is 0 Å². The number of carbonyl (C=O) groups excluding carboxylic acids is 1. The van der Waals surface area contributed by atoms with Gasteiger partial charge in [0.05, 0.1) is 12.6 Å². The van der Waals surface area contributed by atoms with Crippen molar-refractivity contribution in [1.29, 1.82) is 0 Å². The van der Waals surface area contributed by atoms with Crippen molar-refractivity contribution in [3.8, 4) is 0 Å². The Kier molecular flexibility index (Phi) is 3.58. The molecule has 0 saturated carbocycles. The Morgan fingerprint density at radius 2 is 2.56 bits per heavy atom. The monoisotopic (exact) mass is 240 g/mol. The molecule has 0 radical (unpaired) electrons. The molecule has 0 aromatic carbocycles. The molecule has 5 heteroatoms. The van der Waals surface area contributed by atoms with Crippen LogP contribution in [0.2, 0.25) is 0 Å². The predicted molar refractivity (Wildman–Crippen MR) is 63.2 cm³/mol. The minimum absolute atomic E-state index is 0.0297. The molecule has 16 heavy (non-hydrogen) atoms. The summed E-state index contributed by atoms with van der Waals surface area (Å²) in [7, 11) is 1.80. The number of ether oxygens (including phenoxy) is 1. The minimum atomic E-state index is -0.536. The standard InChI is InChI=1S/C11H16N2O2S/c1-13(8-4-5-15-7-8)11(14)10(12)9-3-2-6-16-9/h2-3,6,8,10H,4-5,7,12H2,1H3. The topological polar surface area (TPSA) is 55.6 Å². The molecule has 2 heterocycles. The van der Waals surface area contributed by atoms with Crippen molar-refractivity contribution < 1.29 is 9.53 Å². The van der Waals surface area contributed by atoms with Crippen LogP contribution in [0, 0.1) is 0 Å². The number of nitrogens with zero attached hydrogens (tertiary/aromatic N) is 1. The highest BCUT2D eigenvalue weighted by Gasteiger charge is 2.28. The van der Waals surface area contributed by atoms with E-state index < -0.39 is 6.04 Å². The van der Waals surface area contributed by atoms with Crippen molar-refractivity contribution >= 4 is 17.2 Å². The van der Waals surface area contributed by atoms with Crippen molar-refractivity contribution in [2.24, 2.45) is 5.73 Å². The van der Waals surface area contributed by atoms with Gasteiger partial charge in [0.2, 0.25) is 5.91 Å². The third-order valence-electron chi connectivity index (χ3n) is 2.92. The molecule has 1 saturated heterocycles. The first-order chi connectivity index (χ1) is 7.70. The van der Waals surface area contributed by atoms with Crippen LogP contribution < -0.4 is 5.73 Å². The van der Waals surface area contributed by atoms with Gasteiger partial charge in [-0.25, -0.2) is 0 Å². The van der Waals surface area contributed by atoms with Gasteiger partial charge in [0.25, 0.3) is 0 Å². The average Bonchev–Trinajstić information content (AvgIpc) is 2.97. The predicted octanol–water partition coefficient (Wildman–Crippen LogP) is 0.995. The van der Waals surface area contributed by atoms with Gasteiger partial charge in [-0.05, 0) is 17.9 Å². The Bertz CT molecular complexity index is 347. The Morgan fingerprint density at radius 1 is 1.75 bits per heavy atom. The number of nitrogens with two attached hydrogens (primary N) is 1. The van der Waals surface area contributed by atoms with Crippen molar-refractivity contribution in [2.75, 3.05) is 20.3 Å². The highest BCUT2D eigenvalue weighted by atomic mass is 32.1. The van der Waals surface area contributed by atoms with E-state index in [0.29, 0.717) is 6.61 Å². The number of likely N-dealkylation sites (N-methyl/N-ethyl adjacent to an activating group) is 1.